The first kappa shape index (κ1) is 14.0. The third-order valence-electron chi connectivity index (χ3n) is 2.61. The lowest BCUT2D eigenvalue weighted by atomic mass is 10.1. The summed E-state index contributed by atoms with van der Waals surface area (Å²) >= 11 is 0. The fourth-order valence-electron chi connectivity index (χ4n) is 1.65. The van der Waals surface area contributed by atoms with Gasteiger partial charge >= 0.3 is 0 Å². The second-order valence-corrected chi connectivity index (χ2v) is 3.93. The molecule has 2 rings (SSSR count). The van der Waals surface area contributed by atoms with Gasteiger partial charge < -0.3 is 0 Å². The van der Waals surface area contributed by atoms with Crippen LogP contribution in [0.2, 0.25) is 0 Å². The van der Waals surface area contributed by atoms with Gasteiger partial charge in [-0.25, -0.2) is 17.6 Å². The van der Waals surface area contributed by atoms with E-state index in [0.717, 1.165) is 42.5 Å². The fraction of sp³-hybridized carbons (Fsp3) is 0. The Labute approximate surface area is 112 Å². The quantitative estimate of drug-likeness (QED) is 0.469. The topological polar surface area (TPSA) is 17.1 Å². The summed E-state index contributed by atoms with van der Waals surface area (Å²) in [6, 6.07) is 6.15. The van der Waals surface area contributed by atoms with E-state index < -0.39 is 40.2 Å². The van der Waals surface area contributed by atoms with E-state index in [1.807, 2.05) is 0 Å². The second-order valence-electron chi connectivity index (χ2n) is 3.93. The predicted octanol–water partition coefficient (Wildman–Crippen LogP) is 4.14. The predicted molar refractivity (Wildman–Crippen MR) is 66.1 cm³/mol. The first-order valence-corrected chi connectivity index (χ1v) is 5.61. The van der Waals surface area contributed by atoms with Crippen molar-refractivity contribution in [3.63, 3.8) is 0 Å². The van der Waals surface area contributed by atoms with Crippen LogP contribution in [-0.2, 0) is 0 Å². The maximum Gasteiger partial charge on any atom is 0.191 e. The summed E-state index contributed by atoms with van der Waals surface area (Å²) in [4.78, 5) is 11.7. The summed E-state index contributed by atoms with van der Waals surface area (Å²) in [6.07, 6.45) is 1.57. The van der Waals surface area contributed by atoms with Crippen LogP contribution in [0.1, 0.15) is 15.9 Å². The summed E-state index contributed by atoms with van der Waals surface area (Å²) < 4.78 is 53.3. The molecule has 0 N–H and O–H groups in total. The van der Waals surface area contributed by atoms with Gasteiger partial charge in [-0.05, 0) is 36.4 Å². The van der Waals surface area contributed by atoms with E-state index in [1.165, 1.54) is 6.07 Å². The van der Waals surface area contributed by atoms with Crippen LogP contribution in [0.4, 0.5) is 17.6 Å². The van der Waals surface area contributed by atoms with Crippen LogP contribution < -0.4 is 0 Å². The number of hydrogen-bond donors (Lipinski definition) is 0. The summed E-state index contributed by atoms with van der Waals surface area (Å²) in [7, 11) is 0. The minimum Gasteiger partial charge on any atom is -0.289 e. The molecule has 0 aliphatic rings. The summed E-state index contributed by atoms with van der Waals surface area (Å²) in [6.45, 7) is 0. The highest BCUT2D eigenvalue weighted by Gasteiger charge is 2.15. The summed E-state index contributed by atoms with van der Waals surface area (Å²) in [5.41, 5.74) is -1.21. The van der Waals surface area contributed by atoms with E-state index in [-0.39, 0.29) is 0 Å². The number of hydrogen-bond acceptors (Lipinski definition) is 1. The molecular formula is C15H8F4O. The molecule has 20 heavy (non-hydrogen) atoms. The molecule has 0 aliphatic carbocycles. The Bertz CT molecular complexity index is 652. The van der Waals surface area contributed by atoms with Gasteiger partial charge in [-0.2, -0.15) is 0 Å². The highest BCUT2D eigenvalue weighted by Crippen LogP contribution is 2.17. The first-order valence-electron chi connectivity index (χ1n) is 5.61. The first-order chi connectivity index (χ1) is 9.50. The van der Waals surface area contributed by atoms with Gasteiger partial charge in [-0.15, -0.1) is 0 Å². The van der Waals surface area contributed by atoms with Crippen molar-refractivity contribution in [1.82, 2.24) is 0 Å². The highest BCUT2D eigenvalue weighted by molar-refractivity contribution is 6.07. The van der Waals surface area contributed by atoms with Crippen LogP contribution in [0.3, 0.4) is 0 Å². The van der Waals surface area contributed by atoms with Crippen molar-refractivity contribution in [1.29, 1.82) is 0 Å². The van der Waals surface area contributed by atoms with Crippen LogP contribution in [0.5, 0.6) is 0 Å². The minimum atomic E-state index is -1.03. The number of allylic oxidation sites excluding steroid dienone is 1. The molecule has 0 radical (unpaired) electrons. The molecule has 0 heterocycles. The van der Waals surface area contributed by atoms with E-state index >= 15 is 0 Å². The normalized spacial score (nSPS) is 11.0. The highest BCUT2D eigenvalue weighted by atomic mass is 19.1. The van der Waals surface area contributed by atoms with Crippen LogP contribution in [0.15, 0.2) is 42.5 Å². The Morgan fingerprint density at radius 3 is 1.75 bits per heavy atom. The van der Waals surface area contributed by atoms with Gasteiger partial charge in [0.2, 0.25) is 0 Å². The number of rotatable bonds is 3. The third-order valence-corrected chi connectivity index (χ3v) is 2.61. The molecule has 0 spiro atoms. The Morgan fingerprint density at radius 2 is 1.25 bits per heavy atom. The van der Waals surface area contributed by atoms with Crippen LogP contribution >= 0.6 is 0 Å². The molecule has 5 heteroatoms. The van der Waals surface area contributed by atoms with E-state index in [9.17, 15) is 22.4 Å². The van der Waals surface area contributed by atoms with E-state index in [2.05, 4.69) is 0 Å². The molecule has 0 atom stereocenters. The van der Waals surface area contributed by atoms with Crippen molar-refractivity contribution in [2.75, 3.05) is 0 Å². The Kier molecular flexibility index (Phi) is 3.98. The van der Waals surface area contributed by atoms with Gasteiger partial charge in [0, 0.05) is 5.56 Å². The molecule has 0 fully saturated rings. The molecule has 102 valence electrons. The smallest absolute Gasteiger partial charge is 0.191 e. The largest absolute Gasteiger partial charge is 0.289 e. The lowest BCUT2D eigenvalue weighted by Gasteiger charge is -2.01. The van der Waals surface area contributed by atoms with Crippen LogP contribution in [-0.4, -0.2) is 5.78 Å². The molecule has 1 nitrogen and oxygen atoms in total. The van der Waals surface area contributed by atoms with E-state index in [1.54, 1.807) is 0 Å². The lowest BCUT2D eigenvalue weighted by molar-refractivity contribution is 0.104. The molecule has 0 saturated heterocycles. The zero-order valence-corrected chi connectivity index (χ0v) is 10.0. The number of benzene rings is 2. The molecule has 0 saturated carbocycles. The molecule has 2 aromatic rings. The Balaban J connectivity index is 2.35. The van der Waals surface area contributed by atoms with Crippen LogP contribution in [0, 0.1) is 23.3 Å². The molecular weight excluding hydrogens is 272 g/mol. The van der Waals surface area contributed by atoms with Crippen molar-refractivity contribution in [2.45, 2.75) is 0 Å². The maximum absolute atomic E-state index is 13.3. The Hall–Kier alpha value is -2.43. The van der Waals surface area contributed by atoms with Crippen molar-refractivity contribution < 1.29 is 22.4 Å². The summed E-state index contributed by atoms with van der Waals surface area (Å²) in [5, 5.41) is 0. The third kappa shape index (κ3) is 2.77. The van der Waals surface area contributed by atoms with Gasteiger partial charge in [-0.1, -0.05) is 12.1 Å². The molecule has 0 aromatic heterocycles. The minimum absolute atomic E-state index is 0.447. The Morgan fingerprint density at radius 1 is 0.800 bits per heavy atom. The van der Waals surface area contributed by atoms with Gasteiger partial charge in [0.1, 0.15) is 23.3 Å². The van der Waals surface area contributed by atoms with Crippen molar-refractivity contribution in [3.05, 3.63) is 76.9 Å². The lowest BCUT2D eigenvalue weighted by Crippen LogP contribution is -2.02. The van der Waals surface area contributed by atoms with Crippen molar-refractivity contribution in [2.24, 2.45) is 0 Å². The van der Waals surface area contributed by atoms with Crippen molar-refractivity contribution >= 4 is 11.9 Å². The van der Waals surface area contributed by atoms with Gasteiger partial charge in [-0.3, -0.25) is 4.79 Å². The molecule has 0 unspecified atom stereocenters. The van der Waals surface area contributed by atoms with E-state index in [4.69, 9.17) is 0 Å². The number of carbonyl (C=O) groups excluding carboxylic acids is 1. The maximum atomic E-state index is 13.3. The number of ketones is 1. The van der Waals surface area contributed by atoms with Crippen molar-refractivity contribution in [3.8, 4) is 0 Å². The zero-order chi connectivity index (χ0) is 14.7. The number of carbonyl (C=O) groups is 1. The number of halogens is 4. The van der Waals surface area contributed by atoms with Gasteiger partial charge in [0.25, 0.3) is 0 Å². The van der Waals surface area contributed by atoms with E-state index in [0.29, 0.717) is 0 Å². The molecule has 0 aliphatic heterocycles. The summed E-state index contributed by atoms with van der Waals surface area (Å²) in [5.74, 6) is -4.82. The zero-order valence-electron chi connectivity index (χ0n) is 10.0. The molecule has 0 amide bonds. The molecule has 0 bridgehead atoms. The standard InChI is InChI=1S/C15H8F4O/c16-10-3-1-4-11(17)9(10)7-8-14(20)15-12(18)5-2-6-13(15)19/h1-8H/b8-7-. The average molecular weight is 280 g/mol. The second kappa shape index (κ2) is 5.69. The monoisotopic (exact) mass is 280 g/mol. The van der Waals surface area contributed by atoms with Gasteiger partial charge in [0.05, 0.1) is 5.56 Å². The average Bonchev–Trinajstić information content (AvgIpc) is 2.38. The van der Waals surface area contributed by atoms with Crippen LogP contribution in [0.25, 0.3) is 6.08 Å². The fourth-order valence-corrected chi connectivity index (χ4v) is 1.65. The SMILES string of the molecule is O=C(/C=C\c1c(F)cccc1F)c1c(F)cccc1F. The van der Waals surface area contributed by atoms with Gasteiger partial charge in [0.15, 0.2) is 5.78 Å². The molecule has 2 aromatic carbocycles.